The smallest absolute Gasteiger partial charge is 0.217 e. The lowest BCUT2D eigenvalue weighted by atomic mass is 9.94. The van der Waals surface area contributed by atoms with Gasteiger partial charge in [0, 0.05) is 13.8 Å². The van der Waals surface area contributed by atoms with Crippen LogP contribution in [0.3, 0.4) is 0 Å². The lowest BCUT2D eigenvalue weighted by molar-refractivity contribution is -0.425. The van der Waals surface area contributed by atoms with Gasteiger partial charge in [-0.1, -0.05) is 0 Å². The van der Waals surface area contributed by atoms with Crippen LogP contribution >= 0.6 is 0 Å². The van der Waals surface area contributed by atoms with Crippen LogP contribution in [0.2, 0.25) is 0 Å². The number of rotatable bonds is 36. The highest BCUT2D eigenvalue weighted by Crippen LogP contribution is 2.44. The molecule has 139 heavy (non-hydrogen) atoms. The maximum atomic E-state index is 13.8. The third kappa shape index (κ3) is 24.2. The van der Waals surface area contributed by atoms with E-state index in [1.165, 1.54) is 0 Å². The molecule has 63 heteroatoms. The minimum absolute atomic E-state index is 0.803. The standard InChI is InChI=1S/C76H128N2O61/c1-15(91)77-29-54(39(101)25(11-87)117-65(29)116)129-70-60(48(110)36(98)20(6-82)122-70)136-76-64(57(42(104)28(14-90)128-76)132-68-52(114)44(106)32(94)18(4-80)120-68)139-74-62(50(112)38(100)24(10-86)126-74)135-72-58(46(108)34(96)22(8-84)124-72)133-66-30(78-16(2)92)55(40(102)26(12-88)118-66)130-71-61(49(111)37(99)21(7-83)123-71)137-75-63(56(41(103)27(13-89)127-75)131-67-51(113)43(105)31(93)17(3-79)119-67)138-73-59(47(109)35(97)23(9-85)125-73)134-69-53(115)45(107)33(95)19(5-81)121-69/h17-76,79-90,93-116H,3-14H2,1-2H3,(H,77,91)(H,78,92). The maximum Gasteiger partial charge on any atom is 0.217 e. The molecule has 0 saturated carbocycles. The minimum Gasteiger partial charge on any atom is -0.394 e. The average molecular weight is 2050 g/mol. The highest BCUT2D eigenvalue weighted by atomic mass is 16.8. The Labute approximate surface area is 784 Å². The Morgan fingerprint density at radius 3 is 0.576 bits per heavy atom. The molecule has 12 heterocycles. The summed E-state index contributed by atoms with van der Waals surface area (Å²) in [4.78, 5) is 26.4. The quantitative estimate of drug-likeness (QED) is 0.0277. The molecule has 12 rings (SSSR count). The third-order valence-electron chi connectivity index (χ3n) is 25.9. The molecule has 0 spiro atoms. The highest BCUT2D eigenvalue weighted by Gasteiger charge is 2.65. The van der Waals surface area contributed by atoms with Gasteiger partial charge in [0.25, 0.3) is 0 Å². The predicted octanol–water partition coefficient (Wildman–Crippen LogP) is -26.9. The fourth-order valence-electron chi connectivity index (χ4n) is 18.1. The summed E-state index contributed by atoms with van der Waals surface area (Å²) in [6, 6.07) is -4.15. The summed E-state index contributed by atoms with van der Waals surface area (Å²) in [5.74, 6) is -2.09. The number of carbonyl (C=O) groups excluding carboxylic acids is 2. The van der Waals surface area contributed by atoms with Gasteiger partial charge in [-0.25, -0.2) is 0 Å². The van der Waals surface area contributed by atoms with Crippen molar-refractivity contribution in [2.45, 2.75) is 382 Å². The van der Waals surface area contributed by atoms with E-state index in [4.69, 9.17) is 109 Å². The van der Waals surface area contributed by atoms with E-state index in [-0.39, 0.29) is 0 Å². The second-order valence-electron chi connectivity index (χ2n) is 35.1. The van der Waals surface area contributed by atoms with Crippen molar-refractivity contribution in [1.29, 1.82) is 0 Å². The van der Waals surface area contributed by atoms with E-state index in [1.807, 2.05) is 0 Å². The van der Waals surface area contributed by atoms with E-state index < -0.39 is 459 Å². The molecule has 0 aliphatic carbocycles. The fraction of sp³-hybridized carbons (Fsp3) is 0.974. The van der Waals surface area contributed by atoms with Gasteiger partial charge in [0.05, 0.1) is 79.3 Å². The number of hydrogen-bond acceptors (Lipinski definition) is 61. The van der Waals surface area contributed by atoms with Crippen molar-refractivity contribution < 1.29 is 302 Å². The predicted molar refractivity (Wildman–Crippen MR) is 418 cm³/mol. The van der Waals surface area contributed by atoms with Crippen molar-refractivity contribution in [3.8, 4) is 0 Å². The minimum atomic E-state index is -2.68. The molecule has 60 atom stereocenters. The summed E-state index contributed by atoms with van der Waals surface area (Å²) in [5, 5.41) is 410. The zero-order chi connectivity index (χ0) is 102. The number of nitrogens with one attached hydrogen (secondary N) is 2. The molecular weight excluding hydrogens is 1920 g/mol. The van der Waals surface area contributed by atoms with E-state index in [0.29, 0.717) is 0 Å². The van der Waals surface area contributed by atoms with Crippen molar-refractivity contribution in [3.63, 3.8) is 0 Å². The number of carbonyl (C=O) groups is 2. The summed E-state index contributed by atoms with van der Waals surface area (Å²) in [7, 11) is 0. The van der Waals surface area contributed by atoms with E-state index in [2.05, 4.69) is 10.6 Å². The van der Waals surface area contributed by atoms with Crippen LogP contribution in [0.25, 0.3) is 0 Å². The van der Waals surface area contributed by atoms with Crippen LogP contribution in [0, 0.1) is 0 Å². The summed E-state index contributed by atoms with van der Waals surface area (Å²) in [6.07, 6.45) is -135. The van der Waals surface area contributed by atoms with Crippen LogP contribution in [0.15, 0.2) is 0 Å². The first-order chi connectivity index (χ1) is 66.0. The molecule has 60 unspecified atom stereocenters. The van der Waals surface area contributed by atoms with Gasteiger partial charge in [-0.15, -0.1) is 0 Å². The number of amides is 2. The van der Waals surface area contributed by atoms with Crippen LogP contribution in [-0.4, -0.2) is 643 Å². The van der Waals surface area contributed by atoms with Gasteiger partial charge >= 0.3 is 0 Å². The number of aliphatic hydroxyl groups excluding tert-OH is 36. The zero-order valence-electron chi connectivity index (χ0n) is 73.4. The van der Waals surface area contributed by atoms with Crippen LogP contribution in [0.4, 0.5) is 0 Å². The number of aliphatic hydroxyl groups is 36. The van der Waals surface area contributed by atoms with E-state index in [9.17, 15) is 193 Å². The van der Waals surface area contributed by atoms with Gasteiger partial charge < -0.3 is 303 Å². The molecule has 12 saturated heterocycles. The molecule has 38 N–H and O–H groups in total. The van der Waals surface area contributed by atoms with Crippen molar-refractivity contribution in [3.05, 3.63) is 0 Å². The zero-order valence-corrected chi connectivity index (χ0v) is 73.4. The fourth-order valence-corrected chi connectivity index (χ4v) is 18.1. The first-order valence-electron chi connectivity index (χ1n) is 44.2. The van der Waals surface area contributed by atoms with Crippen LogP contribution in [0.5, 0.6) is 0 Å². The molecule has 0 aromatic rings. The van der Waals surface area contributed by atoms with Gasteiger partial charge in [0.2, 0.25) is 11.8 Å². The molecule has 63 nitrogen and oxygen atoms in total. The third-order valence-corrected chi connectivity index (χ3v) is 25.9. The van der Waals surface area contributed by atoms with E-state index >= 15 is 0 Å². The number of hydrogen-bond donors (Lipinski definition) is 38. The van der Waals surface area contributed by atoms with Gasteiger partial charge in [0.15, 0.2) is 75.5 Å². The molecule has 0 radical (unpaired) electrons. The Balaban J connectivity index is 0.907. The van der Waals surface area contributed by atoms with E-state index in [0.717, 1.165) is 13.8 Å². The maximum absolute atomic E-state index is 13.8. The SMILES string of the molecule is CC(=O)NC1C(O)OC(CO)C(O)C1OC1OC(CO)C(O)C(O)C1OC1OC(CO)C(O)C(OC2OC(CO)C(O)C(O)C2O)C1OC1OC(CO)C(O)C(O)C1OC1OC(CO)C(O)C(O)C1OC1OC(CO)C(O)C(OC2OC(CO)C(O)C(O)C2OC2OC(CO)C(O)C(OC3OC(CO)C(O)C(O)C3O)C2OC2OC(CO)C(O)C(O)C2OC2OC(CO)C(O)C(O)C2O)C1NC(C)=O. The summed E-state index contributed by atoms with van der Waals surface area (Å²) < 4.78 is 139. The topological polar surface area (TPSA) is 999 Å². The Morgan fingerprint density at radius 1 is 0.173 bits per heavy atom. The van der Waals surface area contributed by atoms with Crippen LogP contribution in [-0.2, 0) is 119 Å². The highest BCUT2D eigenvalue weighted by molar-refractivity contribution is 5.73. The molecule has 0 bridgehead atoms. The van der Waals surface area contributed by atoms with Crippen molar-refractivity contribution in [2.24, 2.45) is 0 Å². The van der Waals surface area contributed by atoms with Crippen LogP contribution in [0.1, 0.15) is 13.8 Å². The lowest BCUT2D eigenvalue weighted by Gasteiger charge is -2.52. The van der Waals surface area contributed by atoms with Gasteiger partial charge in [-0.3, -0.25) is 9.59 Å². The Kier molecular flexibility index (Phi) is 41.0. The average Bonchev–Trinajstić information content (AvgIpc) is 0.755. The van der Waals surface area contributed by atoms with E-state index in [1.54, 1.807) is 0 Å². The number of ether oxygens (including phenoxy) is 23. The normalized spacial score (nSPS) is 51.9. The monoisotopic (exact) mass is 2040 g/mol. The van der Waals surface area contributed by atoms with Gasteiger partial charge in [-0.05, 0) is 0 Å². The first kappa shape index (κ1) is 114. The molecular formula is C76H128N2O61. The lowest BCUT2D eigenvalue weighted by Crippen LogP contribution is -2.71. The van der Waals surface area contributed by atoms with Crippen molar-refractivity contribution in [2.75, 3.05) is 79.3 Å². The van der Waals surface area contributed by atoms with Crippen molar-refractivity contribution in [1.82, 2.24) is 10.6 Å². The Bertz CT molecular complexity index is 3730. The van der Waals surface area contributed by atoms with Gasteiger partial charge in [0.1, 0.15) is 293 Å². The molecule has 0 aromatic carbocycles. The molecule has 12 fully saturated rings. The largest absolute Gasteiger partial charge is 0.394 e. The van der Waals surface area contributed by atoms with Crippen molar-refractivity contribution >= 4 is 11.8 Å². The van der Waals surface area contributed by atoms with Crippen LogP contribution < -0.4 is 10.6 Å². The summed E-state index contributed by atoms with van der Waals surface area (Å²) in [6.45, 7) is -13.1. The first-order valence-corrected chi connectivity index (χ1v) is 44.2. The second-order valence-corrected chi connectivity index (χ2v) is 35.1. The molecule has 808 valence electrons. The molecule has 12 aliphatic rings. The summed E-state index contributed by atoms with van der Waals surface area (Å²) >= 11 is 0. The summed E-state index contributed by atoms with van der Waals surface area (Å²) in [5.41, 5.74) is 0. The Hall–Kier alpha value is -3.42. The Morgan fingerprint density at radius 2 is 0.331 bits per heavy atom. The van der Waals surface area contributed by atoms with Gasteiger partial charge in [-0.2, -0.15) is 0 Å². The molecule has 12 aliphatic heterocycles. The molecule has 0 aromatic heterocycles. The second kappa shape index (κ2) is 49.8. The molecule has 2 amide bonds.